The first-order chi connectivity index (χ1) is 13.2. The first-order valence-corrected chi connectivity index (χ1v) is 10.9. The number of amides is 1. The Morgan fingerprint density at radius 2 is 1.86 bits per heavy atom. The summed E-state index contributed by atoms with van der Waals surface area (Å²) in [7, 11) is -3.78. The number of hydrogen-bond donors (Lipinski definition) is 2. The Morgan fingerprint density at radius 1 is 1.14 bits per heavy atom. The minimum Gasteiger partial charge on any atom is -0.492 e. The number of sulfonamides is 1. The molecule has 0 heterocycles. The van der Waals surface area contributed by atoms with Crippen LogP contribution in [-0.4, -0.2) is 27.5 Å². The number of benzene rings is 2. The van der Waals surface area contributed by atoms with E-state index in [-0.39, 0.29) is 34.6 Å². The molecule has 2 aromatic rings. The van der Waals surface area contributed by atoms with E-state index >= 15 is 0 Å². The molecule has 1 amide bonds. The Balaban J connectivity index is 2.45. The lowest BCUT2D eigenvalue weighted by Crippen LogP contribution is -2.24. The van der Waals surface area contributed by atoms with Crippen molar-refractivity contribution in [1.29, 1.82) is 0 Å². The molecular formula is C21H28N2O4S. The molecule has 0 atom stereocenters. The van der Waals surface area contributed by atoms with Crippen LogP contribution in [0.3, 0.4) is 0 Å². The van der Waals surface area contributed by atoms with E-state index < -0.39 is 10.0 Å². The van der Waals surface area contributed by atoms with Crippen LogP contribution < -0.4 is 14.8 Å². The molecule has 7 heteroatoms. The third-order valence-electron chi connectivity index (χ3n) is 4.30. The van der Waals surface area contributed by atoms with Crippen LogP contribution in [0, 0.1) is 6.92 Å². The van der Waals surface area contributed by atoms with Crippen molar-refractivity contribution in [1.82, 2.24) is 4.72 Å². The summed E-state index contributed by atoms with van der Waals surface area (Å²) in [4.78, 5) is 12.8. The van der Waals surface area contributed by atoms with Gasteiger partial charge in [-0.1, -0.05) is 39.0 Å². The van der Waals surface area contributed by atoms with E-state index in [4.69, 9.17) is 4.74 Å². The molecule has 0 aromatic heterocycles. The largest absolute Gasteiger partial charge is 0.492 e. The monoisotopic (exact) mass is 404 g/mol. The van der Waals surface area contributed by atoms with E-state index in [1.165, 1.54) is 12.1 Å². The molecule has 2 N–H and O–H groups in total. The summed E-state index contributed by atoms with van der Waals surface area (Å²) >= 11 is 0. The summed E-state index contributed by atoms with van der Waals surface area (Å²) in [5, 5.41) is 2.94. The van der Waals surface area contributed by atoms with Gasteiger partial charge in [-0.3, -0.25) is 4.79 Å². The predicted molar refractivity (Wildman–Crippen MR) is 112 cm³/mol. The Hall–Kier alpha value is -2.38. The number of nitrogens with one attached hydrogen (secondary N) is 2. The lowest BCUT2D eigenvalue weighted by molar-refractivity contribution is 0.102. The van der Waals surface area contributed by atoms with Gasteiger partial charge in [0.1, 0.15) is 10.6 Å². The Labute approximate surface area is 167 Å². The van der Waals surface area contributed by atoms with Crippen LogP contribution >= 0.6 is 0 Å². The highest BCUT2D eigenvalue weighted by Crippen LogP contribution is 2.29. The fourth-order valence-corrected chi connectivity index (χ4v) is 4.14. The molecule has 0 saturated heterocycles. The molecule has 2 aromatic carbocycles. The van der Waals surface area contributed by atoms with Crippen molar-refractivity contribution in [3.05, 3.63) is 53.1 Å². The van der Waals surface area contributed by atoms with Gasteiger partial charge < -0.3 is 10.1 Å². The smallest absolute Gasteiger partial charge is 0.255 e. The molecule has 0 radical (unpaired) electrons. The minimum atomic E-state index is -3.78. The zero-order valence-electron chi connectivity index (χ0n) is 17.0. The molecule has 0 aliphatic carbocycles. The standard InChI is InChI=1S/C21H28N2O4S/c1-6-22-28(25,26)19-13-16(11-12-18(19)27-7-2)21(24)23-20-15(5)9-8-10-17(20)14(3)4/h8-14,22H,6-7H2,1-5H3,(H,23,24). The maximum Gasteiger partial charge on any atom is 0.255 e. The van der Waals surface area contributed by atoms with Gasteiger partial charge in [0, 0.05) is 17.8 Å². The first-order valence-electron chi connectivity index (χ1n) is 9.38. The van der Waals surface area contributed by atoms with E-state index in [0.717, 1.165) is 16.8 Å². The fourth-order valence-electron chi connectivity index (χ4n) is 2.93. The molecule has 6 nitrogen and oxygen atoms in total. The number of hydrogen-bond acceptors (Lipinski definition) is 4. The number of aryl methyl sites for hydroxylation is 1. The van der Waals surface area contributed by atoms with E-state index in [9.17, 15) is 13.2 Å². The molecular weight excluding hydrogens is 376 g/mol. The zero-order valence-corrected chi connectivity index (χ0v) is 17.8. The van der Waals surface area contributed by atoms with E-state index in [1.54, 1.807) is 19.9 Å². The lowest BCUT2D eigenvalue weighted by atomic mass is 9.98. The summed E-state index contributed by atoms with van der Waals surface area (Å²) < 4.78 is 33.0. The Bertz CT molecular complexity index is 953. The second-order valence-corrected chi connectivity index (χ2v) is 8.48. The van der Waals surface area contributed by atoms with Gasteiger partial charge in [0.2, 0.25) is 10.0 Å². The van der Waals surface area contributed by atoms with Gasteiger partial charge in [-0.05, 0) is 49.1 Å². The van der Waals surface area contributed by atoms with Crippen molar-refractivity contribution < 1.29 is 17.9 Å². The van der Waals surface area contributed by atoms with Gasteiger partial charge in [-0.15, -0.1) is 0 Å². The van der Waals surface area contributed by atoms with Crippen LogP contribution in [-0.2, 0) is 10.0 Å². The molecule has 28 heavy (non-hydrogen) atoms. The van der Waals surface area contributed by atoms with Crippen LogP contribution in [0.2, 0.25) is 0 Å². The number of anilines is 1. The van der Waals surface area contributed by atoms with Gasteiger partial charge in [-0.25, -0.2) is 13.1 Å². The number of rotatable bonds is 8. The van der Waals surface area contributed by atoms with Crippen molar-refractivity contribution >= 4 is 21.6 Å². The van der Waals surface area contributed by atoms with Gasteiger partial charge in [0.05, 0.1) is 6.61 Å². The molecule has 0 aliphatic rings. The maximum atomic E-state index is 12.9. The summed E-state index contributed by atoms with van der Waals surface area (Å²) in [6, 6.07) is 10.3. The first kappa shape index (κ1) is 21.9. The summed E-state index contributed by atoms with van der Waals surface area (Å²) in [6.07, 6.45) is 0. The molecule has 0 unspecified atom stereocenters. The second kappa shape index (κ2) is 9.21. The van der Waals surface area contributed by atoms with E-state index in [0.29, 0.717) is 6.61 Å². The van der Waals surface area contributed by atoms with Crippen LogP contribution in [0.1, 0.15) is 55.1 Å². The summed E-state index contributed by atoms with van der Waals surface area (Å²) in [6.45, 7) is 10.1. The molecule has 152 valence electrons. The number of para-hydroxylation sites is 1. The van der Waals surface area contributed by atoms with Gasteiger partial charge >= 0.3 is 0 Å². The third-order valence-corrected chi connectivity index (χ3v) is 5.86. The average molecular weight is 405 g/mol. The van der Waals surface area contributed by atoms with Crippen molar-refractivity contribution in [3.8, 4) is 5.75 Å². The molecule has 0 saturated carbocycles. The Kier molecular flexibility index (Phi) is 7.21. The number of carbonyl (C=O) groups is 1. The zero-order chi connectivity index (χ0) is 20.9. The SMILES string of the molecule is CCNS(=O)(=O)c1cc(C(=O)Nc2c(C)cccc2C(C)C)ccc1OCC. The van der Waals surface area contributed by atoms with Gasteiger partial charge in [0.15, 0.2) is 0 Å². The second-order valence-electron chi connectivity index (χ2n) is 6.74. The van der Waals surface area contributed by atoms with E-state index in [1.807, 2.05) is 25.1 Å². The fraction of sp³-hybridized carbons (Fsp3) is 0.381. The number of ether oxygens (including phenoxy) is 1. The highest BCUT2D eigenvalue weighted by atomic mass is 32.2. The normalized spacial score (nSPS) is 11.5. The van der Waals surface area contributed by atoms with Gasteiger partial charge in [0.25, 0.3) is 5.91 Å². The third kappa shape index (κ3) is 4.91. The molecule has 2 rings (SSSR count). The predicted octanol–water partition coefficient (Wildman–Crippen LogP) is 4.07. The maximum absolute atomic E-state index is 12.9. The Morgan fingerprint density at radius 3 is 2.46 bits per heavy atom. The number of carbonyl (C=O) groups excluding carboxylic acids is 1. The quantitative estimate of drug-likeness (QED) is 0.695. The van der Waals surface area contributed by atoms with Crippen LogP contribution in [0.5, 0.6) is 5.75 Å². The van der Waals surface area contributed by atoms with Crippen molar-refractivity contribution in [2.24, 2.45) is 0 Å². The van der Waals surface area contributed by atoms with Gasteiger partial charge in [-0.2, -0.15) is 0 Å². The molecule has 0 aliphatic heterocycles. The van der Waals surface area contributed by atoms with Crippen molar-refractivity contribution in [2.45, 2.75) is 45.4 Å². The van der Waals surface area contributed by atoms with Crippen molar-refractivity contribution in [3.63, 3.8) is 0 Å². The van der Waals surface area contributed by atoms with Crippen LogP contribution in [0.4, 0.5) is 5.69 Å². The minimum absolute atomic E-state index is 0.0438. The van der Waals surface area contributed by atoms with E-state index in [2.05, 4.69) is 23.9 Å². The topological polar surface area (TPSA) is 84.5 Å². The molecule has 0 bridgehead atoms. The molecule has 0 spiro atoms. The average Bonchev–Trinajstić information content (AvgIpc) is 2.63. The highest BCUT2D eigenvalue weighted by Gasteiger charge is 2.22. The molecule has 0 fully saturated rings. The summed E-state index contributed by atoms with van der Waals surface area (Å²) in [5.41, 5.74) is 2.98. The lowest BCUT2D eigenvalue weighted by Gasteiger charge is -2.17. The van der Waals surface area contributed by atoms with Crippen molar-refractivity contribution in [2.75, 3.05) is 18.5 Å². The van der Waals surface area contributed by atoms with Crippen LogP contribution in [0.25, 0.3) is 0 Å². The van der Waals surface area contributed by atoms with Crippen LogP contribution in [0.15, 0.2) is 41.3 Å². The highest BCUT2D eigenvalue weighted by molar-refractivity contribution is 7.89. The summed E-state index contributed by atoms with van der Waals surface area (Å²) in [5.74, 6) is 0.0891.